The molecule has 1 spiro atoms. The quantitative estimate of drug-likeness (QED) is 0.313. The fourth-order valence-corrected chi connectivity index (χ4v) is 11.2. The van der Waals surface area contributed by atoms with E-state index in [0.717, 1.165) is 106 Å². The van der Waals surface area contributed by atoms with Crippen LogP contribution in [0.25, 0.3) is 0 Å². The van der Waals surface area contributed by atoms with Gasteiger partial charge in [-0.2, -0.15) is 5.26 Å². The number of piperidine rings is 3. The summed E-state index contributed by atoms with van der Waals surface area (Å²) in [6.45, 7) is 7.08. The van der Waals surface area contributed by atoms with Gasteiger partial charge in [0.15, 0.2) is 0 Å². The van der Waals surface area contributed by atoms with Gasteiger partial charge >= 0.3 is 0 Å². The Bertz CT molecular complexity index is 2280. The van der Waals surface area contributed by atoms with Crippen molar-refractivity contribution in [1.29, 1.82) is 5.26 Å². The molecule has 6 fully saturated rings. The second-order valence-corrected chi connectivity index (χ2v) is 18.1. The van der Waals surface area contributed by atoms with Gasteiger partial charge in [-0.25, -0.2) is 0 Å². The number of fused-ring (bicyclic) bond motifs is 3. The lowest BCUT2D eigenvalue weighted by Gasteiger charge is -2.61. The third-order valence-electron chi connectivity index (χ3n) is 13.9. The molecule has 2 unspecified atom stereocenters. The summed E-state index contributed by atoms with van der Waals surface area (Å²) in [5, 5.41) is 11.8. The minimum Gasteiger partial charge on any atom is -0.490 e. The monoisotopic (exact) mass is 815 g/mol. The Morgan fingerprint density at radius 2 is 1.51 bits per heavy atom. The summed E-state index contributed by atoms with van der Waals surface area (Å²) in [6.07, 6.45) is 5.87. The Morgan fingerprint density at radius 3 is 2.19 bits per heavy atom. The Kier molecular flexibility index (Phi) is 9.40. The number of carbonyl (C=O) groups excluding carboxylic acids is 5. The molecule has 0 aromatic heterocycles. The van der Waals surface area contributed by atoms with E-state index in [2.05, 4.69) is 43.1 Å². The van der Waals surface area contributed by atoms with E-state index in [4.69, 9.17) is 16.3 Å². The zero-order valence-corrected chi connectivity index (χ0v) is 33.5. The van der Waals surface area contributed by atoms with E-state index in [1.54, 1.807) is 30.3 Å². The van der Waals surface area contributed by atoms with Crippen LogP contribution in [0.1, 0.15) is 88.0 Å². The first-order valence-electron chi connectivity index (χ1n) is 20.9. The van der Waals surface area contributed by atoms with Gasteiger partial charge in [0.2, 0.25) is 11.8 Å². The van der Waals surface area contributed by atoms with Crippen LogP contribution in [0.5, 0.6) is 5.75 Å². The van der Waals surface area contributed by atoms with E-state index in [9.17, 15) is 29.2 Å². The summed E-state index contributed by atoms with van der Waals surface area (Å²) in [5.41, 5.74) is 4.20. The number of likely N-dealkylation sites (tertiary alicyclic amines) is 1. The molecule has 0 saturated carbocycles. The average molecular weight is 816 g/mol. The normalized spacial score (nSPS) is 26.4. The number of imide groups is 2. The number of anilines is 2. The molecule has 14 heteroatoms. The summed E-state index contributed by atoms with van der Waals surface area (Å²) < 4.78 is 6.27. The predicted molar refractivity (Wildman–Crippen MR) is 218 cm³/mol. The lowest BCUT2D eigenvalue weighted by Crippen LogP contribution is -2.72. The topological polar surface area (TPSA) is 147 Å². The van der Waals surface area contributed by atoms with Crippen LogP contribution in [0.15, 0.2) is 60.7 Å². The van der Waals surface area contributed by atoms with Crippen molar-refractivity contribution in [3.63, 3.8) is 0 Å². The first-order chi connectivity index (χ1) is 28.5. The zero-order chi connectivity index (χ0) is 40.6. The van der Waals surface area contributed by atoms with Crippen LogP contribution < -0.4 is 19.9 Å². The number of halogens is 1. The largest absolute Gasteiger partial charge is 0.490 e. The third kappa shape index (κ3) is 6.80. The molecule has 3 aromatic rings. The maximum atomic E-state index is 13.8. The fraction of sp³-hybridized carbons (Fsp3) is 0.467. The number of ether oxygens (including phenoxy) is 1. The lowest BCUT2D eigenvalue weighted by atomic mass is 9.72. The number of rotatable bonds is 8. The van der Waals surface area contributed by atoms with Crippen molar-refractivity contribution < 1.29 is 28.7 Å². The van der Waals surface area contributed by atoms with Crippen molar-refractivity contribution in [3.8, 4) is 11.8 Å². The van der Waals surface area contributed by atoms with Gasteiger partial charge in [0.1, 0.15) is 24.0 Å². The summed E-state index contributed by atoms with van der Waals surface area (Å²) in [5.74, 6) is -0.582. The van der Waals surface area contributed by atoms with Crippen LogP contribution in [0.3, 0.4) is 0 Å². The maximum Gasteiger partial charge on any atom is 0.262 e. The van der Waals surface area contributed by atoms with Gasteiger partial charge in [-0.3, -0.25) is 34.2 Å². The fourth-order valence-electron chi connectivity index (χ4n) is 10.9. The zero-order valence-electron chi connectivity index (χ0n) is 32.8. The van der Waals surface area contributed by atoms with Crippen LogP contribution in [-0.2, 0) is 9.59 Å². The van der Waals surface area contributed by atoms with Crippen LogP contribution in [0.2, 0.25) is 5.02 Å². The molecular formula is C45H46ClN7O6. The lowest BCUT2D eigenvalue weighted by molar-refractivity contribution is -0.136. The molecule has 7 aliphatic heterocycles. The van der Waals surface area contributed by atoms with Gasteiger partial charge in [-0.15, -0.1) is 0 Å². The molecule has 304 valence electrons. The Morgan fingerprint density at radius 1 is 0.814 bits per heavy atom. The summed E-state index contributed by atoms with van der Waals surface area (Å²) >= 11 is 6.23. The molecule has 2 bridgehead atoms. The number of nitriles is 1. The molecule has 4 atom stereocenters. The van der Waals surface area contributed by atoms with E-state index >= 15 is 0 Å². The number of nitrogens with one attached hydrogen (secondary N) is 1. The maximum absolute atomic E-state index is 13.8. The van der Waals surface area contributed by atoms with Crippen molar-refractivity contribution >= 4 is 52.5 Å². The molecule has 0 aliphatic carbocycles. The van der Waals surface area contributed by atoms with Gasteiger partial charge in [0.05, 0.1) is 21.7 Å². The van der Waals surface area contributed by atoms with Gasteiger partial charge < -0.3 is 24.3 Å². The molecule has 7 aliphatic rings. The van der Waals surface area contributed by atoms with E-state index in [1.807, 2.05) is 18.2 Å². The Hall–Kier alpha value is -5.45. The third-order valence-corrected chi connectivity index (χ3v) is 14.2. The smallest absolute Gasteiger partial charge is 0.262 e. The number of nitrogens with zero attached hydrogens (tertiary/aromatic N) is 6. The van der Waals surface area contributed by atoms with Crippen LogP contribution in [0.4, 0.5) is 11.4 Å². The van der Waals surface area contributed by atoms with Gasteiger partial charge in [0, 0.05) is 106 Å². The number of hydrogen-bond acceptors (Lipinski definition) is 10. The summed E-state index contributed by atoms with van der Waals surface area (Å²) in [4.78, 5) is 74.7. The number of hydrogen-bond donors (Lipinski definition) is 1. The van der Waals surface area contributed by atoms with Gasteiger partial charge in [-0.1, -0.05) is 11.6 Å². The molecule has 6 saturated heterocycles. The number of benzene rings is 3. The number of carbonyl (C=O) groups is 5. The SMILES string of the molecule is N#Cc1ccc(OC2C[C@H]3CC[C@@H](C2)N3C(=O)c2ccc(N3CC4(CN(CC5CCN(c6ccc7c(c6)C(=O)N(C6CCC(=O)NC6=O)C7=O)CC5)C4)C3)cc2)cc1Cl. The molecule has 7 heterocycles. The highest BCUT2D eigenvalue weighted by atomic mass is 35.5. The molecule has 5 amide bonds. The van der Waals surface area contributed by atoms with Crippen LogP contribution in [-0.4, -0.2) is 114 Å². The molecule has 59 heavy (non-hydrogen) atoms. The molecule has 13 nitrogen and oxygen atoms in total. The second kappa shape index (κ2) is 14.7. The Balaban J connectivity index is 0.668. The standard InChI is InChI=1S/C45H46ClN7O6/c46-38-20-34(9-3-29(38)21-47)59-35-17-32-6-7-33(18-35)52(32)42(56)28-1-4-30(5-2-28)51-25-45(26-51)23-49(24-45)22-27-13-15-50(16-14-27)31-8-10-36-37(19-31)44(58)53(43(36)57)39-11-12-40(54)48-41(39)55/h1-5,8-10,19-20,27,32-33,35,39H,6-7,11-18,22-26H2,(H,48,54,55)/t32-,33+,35?,39?. The van der Waals surface area contributed by atoms with E-state index in [0.29, 0.717) is 38.8 Å². The highest BCUT2D eigenvalue weighted by Crippen LogP contribution is 2.44. The van der Waals surface area contributed by atoms with Crippen LogP contribution in [0, 0.1) is 22.7 Å². The van der Waals surface area contributed by atoms with Crippen molar-refractivity contribution in [3.05, 3.63) is 87.9 Å². The predicted octanol–water partition coefficient (Wildman–Crippen LogP) is 4.87. The Labute approximate surface area is 347 Å². The van der Waals surface area contributed by atoms with E-state index in [1.165, 1.54) is 0 Å². The molecule has 0 radical (unpaired) electrons. The van der Waals surface area contributed by atoms with Crippen molar-refractivity contribution in [2.24, 2.45) is 11.3 Å². The molecule has 3 aromatic carbocycles. The highest BCUT2D eigenvalue weighted by Gasteiger charge is 2.52. The van der Waals surface area contributed by atoms with E-state index in [-0.39, 0.29) is 42.8 Å². The summed E-state index contributed by atoms with van der Waals surface area (Å²) in [7, 11) is 0. The minimum atomic E-state index is -0.964. The van der Waals surface area contributed by atoms with Gasteiger partial charge in [0.25, 0.3) is 17.7 Å². The first kappa shape index (κ1) is 37.8. The minimum absolute atomic E-state index is 0.00584. The molecular weight excluding hydrogens is 770 g/mol. The number of amides is 5. The molecule has 1 N–H and O–H groups in total. The highest BCUT2D eigenvalue weighted by molar-refractivity contribution is 6.31. The average Bonchev–Trinajstić information content (AvgIpc) is 3.62. The van der Waals surface area contributed by atoms with Crippen LogP contribution >= 0.6 is 11.6 Å². The van der Waals surface area contributed by atoms with E-state index < -0.39 is 23.8 Å². The van der Waals surface area contributed by atoms with Crippen molar-refractivity contribution in [2.45, 2.75) is 75.6 Å². The first-order valence-corrected chi connectivity index (χ1v) is 21.3. The van der Waals surface area contributed by atoms with Crippen molar-refractivity contribution in [1.82, 2.24) is 20.0 Å². The van der Waals surface area contributed by atoms with Gasteiger partial charge in [-0.05, 0) is 92.6 Å². The summed E-state index contributed by atoms with van der Waals surface area (Å²) in [6, 6.07) is 20.1. The molecule has 10 rings (SSSR count). The van der Waals surface area contributed by atoms with Crippen molar-refractivity contribution in [2.75, 3.05) is 55.6 Å². The second-order valence-electron chi connectivity index (χ2n) is 17.7.